The van der Waals surface area contributed by atoms with Crippen molar-refractivity contribution in [1.82, 2.24) is 9.78 Å². The van der Waals surface area contributed by atoms with Crippen LogP contribution in [0, 0.1) is 0 Å². The first kappa shape index (κ1) is 20.6. The summed E-state index contributed by atoms with van der Waals surface area (Å²) in [7, 11) is 3.99. The molecule has 0 unspecified atom stereocenters. The molecule has 0 atom stereocenters. The van der Waals surface area contributed by atoms with Crippen LogP contribution in [-0.4, -0.2) is 35.6 Å². The number of ketones is 1. The van der Waals surface area contributed by atoms with Gasteiger partial charge in [-0.25, -0.2) is 4.68 Å². The molecule has 1 N–H and O–H groups in total. The number of nitrogens with zero attached hydrogens (tertiary/aromatic N) is 3. The van der Waals surface area contributed by atoms with Crippen molar-refractivity contribution in [3.8, 4) is 0 Å². The van der Waals surface area contributed by atoms with E-state index in [1.807, 2.05) is 43.3 Å². The molecule has 0 aliphatic heterocycles. The van der Waals surface area contributed by atoms with Gasteiger partial charge in [0.1, 0.15) is 5.82 Å². The predicted octanol–water partition coefficient (Wildman–Crippen LogP) is 4.25. The smallest absolute Gasteiger partial charge is 0.225 e. The molecule has 0 aliphatic rings. The van der Waals surface area contributed by atoms with Gasteiger partial charge in [-0.3, -0.25) is 9.59 Å². The zero-order chi connectivity index (χ0) is 20.8. The lowest BCUT2D eigenvalue weighted by molar-refractivity contribution is -0.116. The number of hydrogen-bond acceptors (Lipinski definition) is 4. The number of anilines is 2. The van der Waals surface area contributed by atoms with Crippen molar-refractivity contribution in [3.63, 3.8) is 0 Å². The van der Waals surface area contributed by atoms with E-state index in [-0.39, 0.29) is 24.5 Å². The monoisotopic (exact) mass is 410 g/mol. The average molecular weight is 411 g/mol. The van der Waals surface area contributed by atoms with Gasteiger partial charge >= 0.3 is 0 Å². The van der Waals surface area contributed by atoms with Crippen molar-refractivity contribution in [3.05, 3.63) is 76.9 Å². The van der Waals surface area contributed by atoms with Gasteiger partial charge in [0.15, 0.2) is 5.78 Å². The van der Waals surface area contributed by atoms with Crippen LogP contribution in [0.25, 0.3) is 0 Å². The molecule has 6 nitrogen and oxygen atoms in total. The molecule has 0 aliphatic carbocycles. The lowest BCUT2D eigenvalue weighted by atomic mass is 10.1. The Morgan fingerprint density at radius 2 is 1.69 bits per heavy atom. The van der Waals surface area contributed by atoms with Crippen LogP contribution >= 0.6 is 11.6 Å². The van der Waals surface area contributed by atoms with Crippen LogP contribution in [0.1, 0.15) is 28.8 Å². The maximum absolute atomic E-state index is 12.3. The van der Waals surface area contributed by atoms with Crippen LogP contribution in [0.5, 0.6) is 0 Å². The Labute approximate surface area is 175 Å². The molecule has 150 valence electrons. The molecular weight excluding hydrogens is 388 g/mol. The Kier molecular flexibility index (Phi) is 6.67. The SMILES string of the molecule is CN(C)c1ccc(Cn2nccc2NC(=O)CCC(=O)c2ccc(Cl)cc2)cc1. The molecule has 2 aromatic carbocycles. The van der Waals surface area contributed by atoms with Crippen molar-refractivity contribution in [2.45, 2.75) is 19.4 Å². The number of carbonyl (C=O) groups is 2. The minimum Gasteiger partial charge on any atom is -0.378 e. The summed E-state index contributed by atoms with van der Waals surface area (Å²) in [6.45, 7) is 0.542. The lowest BCUT2D eigenvalue weighted by Gasteiger charge is -2.13. The third-order valence-corrected chi connectivity index (χ3v) is 4.77. The van der Waals surface area contributed by atoms with Crippen LogP contribution in [-0.2, 0) is 11.3 Å². The first-order valence-electron chi connectivity index (χ1n) is 9.29. The molecule has 29 heavy (non-hydrogen) atoms. The molecule has 1 aromatic heterocycles. The molecule has 0 bridgehead atoms. The van der Waals surface area contributed by atoms with E-state index in [1.54, 1.807) is 41.2 Å². The van der Waals surface area contributed by atoms with Crippen molar-refractivity contribution in [2.75, 3.05) is 24.3 Å². The van der Waals surface area contributed by atoms with Gasteiger partial charge in [-0.15, -0.1) is 0 Å². The van der Waals surface area contributed by atoms with Crippen molar-refractivity contribution < 1.29 is 9.59 Å². The second kappa shape index (κ2) is 9.39. The van der Waals surface area contributed by atoms with Crippen LogP contribution in [0.3, 0.4) is 0 Å². The maximum atomic E-state index is 12.3. The minimum absolute atomic E-state index is 0.0914. The largest absolute Gasteiger partial charge is 0.378 e. The molecule has 0 radical (unpaired) electrons. The van der Waals surface area contributed by atoms with E-state index in [9.17, 15) is 9.59 Å². The summed E-state index contributed by atoms with van der Waals surface area (Å²) < 4.78 is 1.73. The number of rotatable bonds is 8. The number of halogens is 1. The fourth-order valence-electron chi connectivity index (χ4n) is 2.85. The third-order valence-electron chi connectivity index (χ3n) is 4.51. The molecule has 0 fully saturated rings. The summed E-state index contributed by atoms with van der Waals surface area (Å²) in [6.07, 6.45) is 1.88. The molecule has 1 amide bonds. The molecule has 0 spiro atoms. The Bertz CT molecular complexity index is 979. The quantitative estimate of drug-likeness (QED) is 0.563. The van der Waals surface area contributed by atoms with E-state index < -0.39 is 0 Å². The first-order valence-corrected chi connectivity index (χ1v) is 9.67. The fourth-order valence-corrected chi connectivity index (χ4v) is 2.98. The summed E-state index contributed by atoms with van der Waals surface area (Å²) in [5.41, 5.74) is 2.74. The molecule has 3 rings (SSSR count). The highest BCUT2D eigenvalue weighted by atomic mass is 35.5. The second-order valence-corrected chi connectivity index (χ2v) is 7.35. The average Bonchev–Trinajstić information content (AvgIpc) is 3.13. The molecular formula is C22H23ClN4O2. The van der Waals surface area contributed by atoms with E-state index in [4.69, 9.17) is 11.6 Å². The zero-order valence-electron chi connectivity index (χ0n) is 16.4. The Morgan fingerprint density at radius 1 is 1.00 bits per heavy atom. The molecule has 3 aromatic rings. The minimum atomic E-state index is -0.225. The van der Waals surface area contributed by atoms with Gasteiger partial charge in [-0.05, 0) is 42.0 Å². The topological polar surface area (TPSA) is 67.2 Å². The number of nitrogens with one attached hydrogen (secondary N) is 1. The maximum Gasteiger partial charge on any atom is 0.225 e. The van der Waals surface area contributed by atoms with Gasteiger partial charge in [0.2, 0.25) is 5.91 Å². The summed E-state index contributed by atoms with van der Waals surface area (Å²) in [4.78, 5) is 26.5. The van der Waals surface area contributed by atoms with E-state index in [2.05, 4.69) is 10.4 Å². The molecule has 0 saturated carbocycles. The molecule has 0 saturated heterocycles. The van der Waals surface area contributed by atoms with E-state index in [1.165, 1.54) is 0 Å². The first-order chi connectivity index (χ1) is 13.9. The number of amides is 1. The van der Waals surface area contributed by atoms with Gasteiger partial charge < -0.3 is 10.2 Å². The van der Waals surface area contributed by atoms with Crippen LogP contribution < -0.4 is 10.2 Å². The Hall–Kier alpha value is -3.12. The van der Waals surface area contributed by atoms with Gasteiger partial charge in [0.05, 0.1) is 12.7 Å². The van der Waals surface area contributed by atoms with E-state index in [0.29, 0.717) is 22.9 Å². The summed E-state index contributed by atoms with van der Waals surface area (Å²) in [6, 6.07) is 16.6. The van der Waals surface area contributed by atoms with Crippen molar-refractivity contribution >= 4 is 34.8 Å². The summed E-state index contributed by atoms with van der Waals surface area (Å²) in [5.74, 6) is 0.286. The number of benzene rings is 2. The standard InChI is InChI=1S/C22H23ClN4O2/c1-26(2)19-9-3-16(4-10-19)15-27-21(13-14-24-27)25-22(29)12-11-20(28)17-5-7-18(23)8-6-17/h3-10,13-14H,11-12,15H2,1-2H3,(H,25,29). The second-order valence-electron chi connectivity index (χ2n) is 6.91. The Morgan fingerprint density at radius 3 is 2.34 bits per heavy atom. The third kappa shape index (κ3) is 5.68. The van der Waals surface area contributed by atoms with Gasteiger partial charge in [0, 0.05) is 49.3 Å². The van der Waals surface area contributed by atoms with Gasteiger partial charge in [-0.1, -0.05) is 23.7 Å². The highest BCUT2D eigenvalue weighted by Crippen LogP contribution is 2.16. The lowest BCUT2D eigenvalue weighted by Crippen LogP contribution is -2.17. The highest BCUT2D eigenvalue weighted by Gasteiger charge is 2.12. The van der Waals surface area contributed by atoms with E-state index in [0.717, 1.165) is 11.3 Å². The van der Waals surface area contributed by atoms with Gasteiger partial charge in [-0.2, -0.15) is 5.10 Å². The zero-order valence-corrected chi connectivity index (χ0v) is 17.2. The van der Waals surface area contributed by atoms with Crippen molar-refractivity contribution in [1.29, 1.82) is 0 Å². The van der Waals surface area contributed by atoms with Crippen LogP contribution in [0.2, 0.25) is 5.02 Å². The van der Waals surface area contributed by atoms with Crippen molar-refractivity contribution in [2.24, 2.45) is 0 Å². The van der Waals surface area contributed by atoms with Gasteiger partial charge in [0.25, 0.3) is 0 Å². The molecule has 1 heterocycles. The Balaban J connectivity index is 1.55. The number of carbonyl (C=O) groups excluding carboxylic acids is 2. The van der Waals surface area contributed by atoms with E-state index >= 15 is 0 Å². The summed E-state index contributed by atoms with van der Waals surface area (Å²) in [5, 5.41) is 7.69. The highest BCUT2D eigenvalue weighted by molar-refractivity contribution is 6.30. The molecule has 7 heteroatoms. The van der Waals surface area contributed by atoms with Crippen LogP contribution in [0.15, 0.2) is 60.8 Å². The fraction of sp³-hybridized carbons (Fsp3) is 0.227. The number of aromatic nitrogens is 2. The normalized spacial score (nSPS) is 10.6. The van der Waals surface area contributed by atoms with Crippen LogP contribution in [0.4, 0.5) is 11.5 Å². The summed E-state index contributed by atoms with van der Waals surface area (Å²) >= 11 is 5.83. The predicted molar refractivity (Wildman–Crippen MR) is 116 cm³/mol. The number of hydrogen-bond donors (Lipinski definition) is 1. The number of Topliss-reactive ketones (excluding diaryl/α,β-unsaturated/α-hetero) is 1.